The molecule has 0 saturated heterocycles. The molecule has 2 nitrogen and oxygen atoms in total. The molecule has 0 amide bonds. The maximum Gasteiger partial charge on any atom is 0.0327 e. The first-order chi connectivity index (χ1) is 8.86. The summed E-state index contributed by atoms with van der Waals surface area (Å²) >= 11 is 1.87. The SMILES string of the molecule is CCNCCCCCCN(CC)Cc1cccs1. The summed E-state index contributed by atoms with van der Waals surface area (Å²) in [4.78, 5) is 4.04. The number of hydrogen-bond acceptors (Lipinski definition) is 3. The van der Waals surface area contributed by atoms with Crippen molar-refractivity contribution in [2.75, 3.05) is 26.2 Å². The van der Waals surface area contributed by atoms with Gasteiger partial charge in [-0.25, -0.2) is 0 Å². The van der Waals surface area contributed by atoms with Gasteiger partial charge in [0.05, 0.1) is 0 Å². The van der Waals surface area contributed by atoms with E-state index < -0.39 is 0 Å². The van der Waals surface area contributed by atoms with Crippen LogP contribution in [0.15, 0.2) is 17.5 Å². The molecular formula is C15H28N2S. The molecule has 1 N–H and O–H groups in total. The van der Waals surface area contributed by atoms with Gasteiger partial charge in [0.15, 0.2) is 0 Å². The molecule has 0 saturated carbocycles. The number of nitrogens with zero attached hydrogens (tertiary/aromatic N) is 1. The van der Waals surface area contributed by atoms with E-state index in [4.69, 9.17) is 0 Å². The molecule has 0 radical (unpaired) electrons. The molecular weight excluding hydrogens is 240 g/mol. The largest absolute Gasteiger partial charge is 0.317 e. The van der Waals surface area contributed by atoms with Crippen molar-refractivity contribution in [3.8, 4) is 0 Å². The Kier molecular flexibility index (Phi) is 9.17. The Balaban J connectivity index is 2.01. The minimum atomic E-state index is 1.10. The fourth-order valence-electron chi connectivity index (χ4n) is 2.09. The topological polar surface area (TPSA) is 15.3 Å². The third-order valence-corrected chi connectivity index (χ3v) is 4.10. The fourth-order valence-corrected chi connectivity index (χ4v) is 2.83. The Labute approximate surface area is 116 Å². The predicted molar refractivity (Wildman–Crippen MR) is 82.3 cm³/mol. The zero-order valence-electron chi connectivity index (χ0n) is 12.0. The maximum atomic E-state index is 3.38. The first-order valence-corrected chi connectivity index (χ1v) is 8.20. The lowest BCUT2D eigenvalue weighted by molar-refractivity contribution is 0.275. The summed E-state index contributed by atoms with van der Waals surface area (Å²) in [6.45, 7) is 10.3. The van der Waals surface area contributed by atoms with E-state index in [1.165, 1.54) is 43.6 Å². The second-order valence-electron chi connectivity index (χ2n) is 4.72. The number of thiophene rings is 1. The number of rotatable bonds is 11. The van der Waals surface area contributed by atoms with Crippen LogP contribution in [-0.4, -0.2) is 31.1 Å². The van der Waals surface area contributed by atoms with Crippen LogP contribution in [0.1, 0.15) is 44.4 Å². The van der Waals surface area contributed by atoms with Gasteiger partial charge in [-0.3, -0.25) is 4.90 Å². The van der Waals surface area contributed by atoms with E-state index in [-0.39, 0.29) is 0 Å². The molecule has 0 atom stereocenters. The highest BCUT2D eigenvalue weighted by Crippen LogP contribution is 2.12. The highest BCUT2D eigenvalue weighted by Gasteiger charge is 2.03. The Morgan fingerprint density at radius 3 is 2.67 bits per heavy atom. The summed E-state index contributed by atoms with van der Waals surface area (Å²) in [5, 5.41) is 5.55. The van der Waals surface area contributed by atoms with Crippen LogP contribution < -0.4 is 5.32 Å². The van der Waals surface area contributed by atoms with E-state index in [9.17, 15) is 0 Å². The van der Waals surface area contributed by atoms with E-state index >= 15 is 0 Å². The summed E-state index contributed by atoms with van der Waals surface area (Å²) < 4.78 is 0. The van der Waals surface area contributed by atoms with E-state index in [2.05, 4.69) is 41.6 Å². The van der Waals surface area contributed by atoms with Gasteiger partial charge in [0.25, 0.3) is 0 Å². The fraction of sp³-hybridized carbons (Fsp3) is 0.733. The monoisotopic (exact) mass is 268 g/mol. The highest BCUT2D eigenvalue weighted by molar-refractivity contribution is 7.09. The molecule has 0 aliphatic rings. The van der Waals surface area contributed by atoms with Crippen molar-refractivity contribution in [3.05, 3.63) is 22.4 Å². The number of unbranched alkanes of at least 4 members (excludes halogenated alkanes) is 3. The molecule has 0 bridgehead atoms. The lowest BCUT2D eigenvalue weighted by atomic mass is 10.2. The van der Waals surface area contributed by atoms with E-state index in [0.717, 1.165) is 19.6 Å². The summed E-state index contributed by atoms with van der Waals surface area (Å²) in [6, 6.07) is 4.39. The average Bonchev–Trinajstić information content (AvgIpc) is 2.89. The lowest BCUT2D eigenvalue weighted by Gasteiger charge is -2.19. The van der Waals surface area contributed by atoms with Gasteiger partial charge in [-0.15, -0.1) is 11.3 Å². The minimum absolute atomic E-state index is 1.10. The number of nitrogens with one attached hydrogen (secondary N) is 1. The minimum Gasteiger partial charge on any atom is -0.317 e. The van der Waals surface area contributed by atoms with Gasteiger partial charge in [0, 0.05) is 11.4 Å². The molecule has 104 valence electrons. The smallest absolute Gasteiger partial charge is 0.0327 e. The van der Waals surface area contributed by atoms with Crippen LogP contribution in [0.25, 0.3) is 0 Å². The second kappa shape index (κ2) is 10.5. The van der Waals surface area contributed by atoms with Crippen molar-refractivity contribution < 1.29 is 0 Å². The first kappa shape index (κ1) is 15.7. The summed E-state index contributed by atoms with van der Waals surface area (Å²) in [7, 11) is 0. The number of hydrogen-bond donors (Lipinski definition) is 1. The van der Waals surface area contributed by atoms with Crippen LogP contribution >= 0.6 is 11.3 Å². The standard InChI is InChI=1S/C15H28N2S/c1-3-16-11-7-5-6-8-12-17(4-2)14-15-10-9-13-18-15/h9-10,13,16H,3-8,11-12,14H2,1-2H3. The zero-order chi connectivity index (χ0) is 13.1. The highest BCUT2D eigenvalue weighted by atomic mass is 32.1. The Morgan fingerprint density at radius 1 is 1.17 bits per heavy atom. The Bertz CT molecular complexity index is 272. The van der Waals surface area contributed by atoms with Gasteiger partial charge in [0.1, 0.15) is 0 Å². The maximum absolute atomic E-state index is 3.38. The van der Waals surface area contributed by atoms with Crippen LogP contribution in [0.3, 0.4) is 0 Å². The third-order valence-electron chi connectivity index (χ3n) is 3.23. The van der Waals surface area contributed by atoms with Gasteiger partial charge in [-0.1, -0.05) is 32.8 Å². The Hall–Kier alpha value is -0.380. The van der Waals surface area contributed by atoms with Gasteiger partial charge in [-0.2, -0.15) is 0 Å². The zero-order valence-corrected chi connectivity index (χ0v) is 12.8. The van der Waals surface area contributed by atoms with Crippen molar-refractivity contribution in [2.45, 2.75) is 46.1 Å². The van der Waals surface area contributed by atoms with Gasteiger partial charge >= 0.3 is 0 Å². The van der Waals surface area contributed by atoms with E-state index in [1.807, 2.05) is 11.3 Å². The molecule has 1 aromatic rings. The molecule has 0 unspecified atom stereocenters. The second-order valence-corrected chi connectivity index (χ2v) is 5.75. The first-order valence-electron chi connectivity index (χ1n) is 7.32. The normalized spacial score (nSPS) is 11.3. The molecule has 0 aliphatic heterocycles. The van der Waals surface area contributed by atoms with E-state index in [1.54, 1.807) is 0 Å². The molecule has 1 aromatic heterocycles. The molecule has 1 heterocycles. The van der Waals surface area contributed by atoms with Crippen molar-refractivity contribution in [3.63, 3.8) is 0 Å². The third kappa shape index (κ3) is 7.14. The predicted octanol–water partition coefficient (Wildman–Crippen LogP) is 3.74. The van der Waals surface area contributed by atoms with Crippen molar-refractivity contribution >= 4 is 11.3 Å². The quantitative estimate of drug-likeness (QED) is 0.615. The van der Waals surface area contributed by atoms with Crippen LogP contribution in [0, 0.1) is 0 Å². The van der Waals surface area contributed by atoms with Gasteiger partial charge in [0.2, 0.25) is 0 Å². The summed E-state index contributed by atoms with van der Waals surface area (Å²) in [5.74, 6) is 0. The molecule has 0 fully saturated rings. The molecule has 3 heteroatoms. The lowest BCUT2D eigenvalue weighted by Crippen LogP contribution is -2.23. The van der Waals surface area contributed by atoms with Crippen molar-refractivity contribution in [1.82, 2.24) is 10.2 Å². The average molecular weight is 268 g/mol. The molecule has 0 aliphatic carbocycles. The van der Waals surface area contributed by atoms with Crippen molar-refractivity contribution in [2.24, 2.45) is 0 Å². The van der Waals surface area contributed by atoms with Crippen LogP contribution in [-0.2, 0) is 6.54 Å². The van der Waals surface area contributed by atoms with Crippen LogP contribution in [0.5, 0.6) is 0 Å². The van der Waals surface area contributed by atoms with Gasteiger partial charge in [-0.05, 0) is 50.5 Å². The van der Waals surface area contributed by atoms with Crippen molar-refractivity contribution in [1.29, 1.82) is 0 Å². The molecule has 0 spiro atoms. The van der Waals surface area contributed by atoms with Gasteiger partial charge < -0.3 is 5.32 Å². The summed E-state index contributed by atoms with van der Waals surface area (Å²) in [6.07, 6.45) is 5.39. The van der Waals surface area contributed by atoms with E-state index in [0.29, 0.717) is 0 Å². The van der Waals surface area contributed by atoms with Crippen LogP contribution in [0.4, 0.5) is 0 Å². The molecule has 18 heavy (non-hydrogen) atoms. The molecule has 1 rings (SSSR count). The molecule has 0 aromatic carbocycles. The van der Waals surface area contributed by atoms with Crippen LogP contribution in [0.2, 0.25) is 0 Å². The Morgan fingerprint density at radius 2 is 2.00 bits per heavy atom. The summed E-state index contributed by atoms with van der Waals surface area (Å²) in [5.41, 5.74) is 0.